The van der Waals surface area contributed by atoms with Crippen molar-refractivity contribution < 1.29 is 22.9 Å². The average molecular weight is 249 g/mol. The largest absolute Gasteiger partial charge is 0.444 e. The minimum atomic E-state index is -2.56. The molecule has 1 heterocycles. The number of piperidine rings is 1. The number of carbonyl (C=O) groups excluding carboxylic acids is 1. The topological polar surface area (TPSA) is 49.8 Å². The Balaban J connectivity index is 3.25. The normalized spacial score (nSPS) is 36.9. The number of nitrogens with zero attached hydrogens (tertiary/aromatic N) is 1. The van der Waals surface area contributed by atoms with Crippen molar-refractivity contribution >= 4 is 6.09 Å². The highest BCUT2D eigenvalue weighted by Gasteiger charge is 2.35. The second-order valence-electron chi connectivity index (χ2n) is 5.44. The first-order chi connectivity index (χ1) is 10.2. The van der Waals surface area contributed by atoms with Crippen molar-refractivity contribution in [3.8, 4) is 0 Å². The van der Waals surface area contributed by atoms with Crippen LogP contribution in [-0.2, 0) is 4.74 Å². The summed E-state index contributed by atoms with van der Waals surface area (Å²) in [7, 11) is 0. The first-order valence-corrected chi connectivity index (χ1v) is 5.79. The SMILES string of the molecule is [2H]C([2H])([2H])[C@@H]1CC(CO)C[C@@H](C([2H])([2H])[2H])N1C(=O)OC(C)(C)C. The predicted octanol–water partition coefficient (Wildman–Crippen LogP) is 2.40. The van der Waals surface area contributed by atoms with Crippen molar-refractivity contribution in [3.05, 3.63) is 0 Å². The van der Waals surface area contributed by atoms with Crippen LogP contribution in [0.3, 0.4) is 0 Å². The van der Waals surface area contributed by atoms with E-state index in [1.807, 2.05) is 0 Å². The molecule has 0 aromatic heterocycles. The average Bonchev–Trinajstić information content (AvgIpc) is 2.32. The van der Waals surface area contributed by atoms with Crippen molar-refractivity contribution in [1.82, 2.24) is 4.90 Å². The van der Waals surface area contributed by atoms with E-state index in [2.05, 4.69) is 0 Å². The molecule has 100 valence electrons. The summed E-state index contributed by atoms with van der Waals surface area (Å²) in [4.78, 5) is 13.3. The van der Waals surface area contributed by atoms with Gasteiger partial charge < -0.3 is 14.7 Å². The van der Waals surface area contributed by atoms with Gasteiger partial charge in [-0.1, -0.05) is 0 Å². The highest BCUT2D eigenvalue weighted by atomic mass is 16.6. The Morgan fingerprint density at radius 2 is 1.94 bits per heavy atom. The monoisotopic (exact) mass is 249 g/mol. The Kier molecular flexibility index (Phi) is 2.35. The zero-order chi connectivity index (χ0) is 18.2. The van der Waals surface area contributed by atoms with E-state index in [1.54, 1.807) is 20.8 Å². The molecule has 1 aliphatic heterocycles. The Morgan fingerprint density at radius 1 is 1.41 bits per heavy atom. The Labute approximate surface area is 112 Å². The van der Waals surface area contributed by atoms with Crippen molar-refractivity contribution in [2.45, 2.75) is 65.0 Å². The van der Waals surface area contributed by atoms with Gasteiger partial charge in [-0.05, 0) is 53.2 Å². The predicted molar refractivity (Wildman–Crippen MR) is 66.8 cm³/mol. The number of ether oxygens (including phenoxy) is 1. The number of aliphatic hydroxyl groups excluding tert-OH is 1. The fourth-order valence-electron chi connectivity index (χ4n) is 1.89. The first-order valence-electron chi connectivity index (χ1n) is 8.79. The molecule has 0 aromatic rings. The van der Waals surface area contributed by atoms with Gasteiger partial charge in [-0.3, -0.25) is 0 Å². The molecule has 0 bridgehead atoms. The van der Waals surface area contributed by atoms with E-state index in [1.165, 1.54) is 0 Å². The molecule has 4 nitrogen and oxygen atoms in total. The molecule has 0 unspecified atom stereocenters. The summed E-state index contributed by atoms with van der Waals surface area (Å²) in [6.07, 6.45) is -0.923. The second kappa shape index (κ2) is 5.25. The van der Waals surface area contributed by atoms with Crippen LogP contribution in [0.5, 0.6) is 0 Å². The molecule has 0 spiro atoms. The van der Waals surface area contributed by atoms with Crippen molar-refractivity contribution in [3.63, 3.8) is 0 Å². The molecule has 1 rings (SSSR count). The Bertz CT molecular complexity index is 405. The molecule has 2 atom stereocenters. The van der Waals surface area contributed by atoms with Crippen LogP contribution in [0.25, 0.3) is 0 Å². The van der Waals surface area contributed by atoms with Crippen LogP contribution in [0, 0.1) is 5.92 Å². The highest BCUT2D eigenvalue weighted by molar-refractivity contribution is 5.69. The summed E-state index contributed by atoms with van der Waals surface area (Å²) in [6, 6.07) is -2.60. The summed E-state index contributed by atoms with van der Waals surface area (Å²) in [5, 5.41) is 9.37. The van der Waals surface area contributed by atoms with Gasteiger partial charge in [-0.2, -0.15) is 0 Å². The van der Waals surface area contributed by atoms with Gasteiger partial charge in [0.05, 0.1) is 0 Å². The maximum absolute atomic E-state index is 12.5. The van der Waals surface area contributed by atoms with Crippen LogP contribution in [0.4, 0.5) is 4.79 Å². The van der Waals surface area contributed by atoms with E-state index in [4.69, 9.17) is 13.0 Å². The molecule has 17 heavy (non-hydrogen) atoms. The van der Waals surface area contributed by atoms with E-state index in [0.29, 0.717) is 0 Å². The number of carbonyl (C=O) groups is 1. The molecule has 1 amide bonds. The van der Waals surface area contributed by atoms with Crippen LogP contribution < -0.4 is 0 Å². The third-order valence-corrected chi connectivity index (χ3v) is 2.65. The summed E-state index contributed by atoms with van der Waals surface area (Å²) in [5.74, 6) is -0.482. The molecule has 0 radical (unpaired) electrons. The molecule has 0 aliphatic carbocycles. The molecule has 0 aromatic carbocycles. The smallest absolute Gasteiger partial charge is 0.410 e. The molecule has 0 saturated carbocycles. The summed E-state index contributed by atoms with van der Waals surface area (Å²) < 4.78 is 51.2. The van der Waals surface area contributed by atoms with Crippen LogP contribution in [0.2, 0.25) is 0 Å². The molecule has 1 N–H and O–H groups in total. The maximum Gasteiger partial charge on any atom is 0.410 e. The van der Waals surface area contributed by atoms with Crippen molar-refractivity contribution in [2.75, 3.05) is 6.61 Å². The van der Waals surface area contributed by atoms with Gasteiger partial charge in [0.2, 0.25) is 0 Å². The Morgan fingerprint density at radius 3 is 2.29 bits per heavy atom. The standard InChI is InChI=1S/C13H25NO3/c1-9-6-11(8-15)7-10(2)14(9)12(16)17-13(3,4)5/h9-11,15H,6-8H2,1-5H3/t9-,10-/m1/s1/i1D3,2D3. The highest BCUT2D eigenvalue weighted by Crippen LogP contribution is 2.28. The number of hydrogen-bond acceptors (Lipinski definition) is 3. The summed E-state index contributed by atoms with van der Waals surface area (Å²) in [5.41, 5.74) is -0.872. The second-order valence-corrected chi connectivity index (χ2v) is 5.44. The van der Waals surface area contributed by atoms with Gasteiger partial charge in [0.1, 0.15) is 5.60 Å². The lowest BCUT2D eigenvalue weighted by Crippen LogP contribution is -2.51. The number of likely N-dealkylation sites (tertiary alicyclic amines) is 1. The fourth-order valence-corrected chi connectivity index (χ4v) is 1.89. The third kappa shape index (κ3) is 3.87. The third-order valence-electron chi connectivity index (χ3n) is 2.65. The van der Waals surface area contributed by atoms with Crippen LogP contribution >= 0.6 is 0 Å². The minimum Gasteiger partial charge on any atom is -0.444 e. The summed E-state index contributed by atoms with van der Waals surface area (Å²) in [6.45, 7) is -0.565. The first kappa shape index (κ1) is 7.62. The lowest BCUT2D eigenvalue weighted by atomic mass is 9.88. The lowest BCUT2D eigenvalue weighted by molar-refractivity contribution is -0.0119. The zero-order valence-electron chi connectivity index (χ0n) is 16.6. The van der Waals surface area contributed by atoms with Crippen molar-refractivity contribution in [2.24, 2.45) is 5.92 Å². The number of hydrogen-bond donors (Lipinski definition) is 1. The van der Waals surface area contributed by atoms with Gasteiger partial charge in [0.25, 0.3) is 0 Å². The number of aliphatic hydroxyl groups is 1. The number of rotatable bonds is 1. The van der Waals surface area contributed by atoms with Crippen LogP contribution in [0.1, 0.15) is 55.5 Å². The molecular weight excluding hydrogens is 218 g/mol. The van der Waals surface area contributed by atoms with Crippen LogP contribution in [0.15, 0.2) is 0 Å². The molecule has 1 saturated heterocycles. The van der Waals surface area contributed by atoms with Gasteiger partial charge in [-0.25, -0.2) is 4.79 Å². The fraction of sp³-hybridized carbons (Fsp3) is 0.923. The van der Waals surface area contributed by atoms with E-state index in [-0.39, 0.29) is 19.4 Å². The maximum atomic E-state index is 12.5. The Hall–Kier alpha value is -0.770. The molecule has 4 heteroatoms. The van der Waals surface area contributed by atoms with Gasteiger partial charge in [0.15, 0.2) is 0 Å². The van der Waals surface area contributed by atoms with Crippen LogP contribution in [-0.4, -0.2) is 40.4 Å². The van der Waals surface area contributed by atoms with E-state index >= 15 is 0 Å². The minimum absolute atomic E-state index is 0.0127. The molecule has 1 fully saturated rings. The van der Waals surface area contributed by atoms with E-state index in [9.17, 15) is 9.90 Å². The lowest BCUT2D eigenvalue weighted by Gasteiger charge is -2.42. The summed E-state index contributed by atoms with van der Waals surface area (Å²) >= 11 is 0. The molecule has 1 aliphatic rings. The number of amides is 1. The van der Waals surface area contributed by atoms with Gasteiger partial charge in [0, 0.05) is 26.9 Å². The van der Waals surface area contributed by atoms with Gasteiger partial charge in [-0.15, -0.1) is 0 Å². The van der Waals surface area contributed by atoms with Gasteiger partial charge >= 0.3 is 6.09 Å². The quantitative estimate of drug-likeness (QED) is 0.776. The van der Waals surface area contributed by atoms with Crippen molar-refractivity contribution in [1.29, 1.82) is 0 Å². The molecular formula is C13H25NO3. The van der Waals surface area contributed by atoms with E-state index < -0.39 is 43.4 Å². The van der Waals surface area contributed by atoms with E-state index in [0.717, 1.165) is 4.90 Å². The zero-order valence-corrected chi connectivity index (χ0v) is 10.6.